The molecule has 1 saturated carbocycles. The van der Waals surface area contributed by atoms with Gasteiger partial charge in [-0.05, 0) is 18.6 Å². The van der Waals surface area contributed by atoms with E-state index >= 15 is 0 Å². The van der Waals surface area contributed by atoms with Crippen molar-refractivity contribution in [2.45, 2.75) is 63.8 Å². The number of rotatable bonds is 8. The maximum absolute atomic E-state index is 12.4. The zero-order valence-electron chi connectivity index (χ0n) is 15.8. The Balaban J connectivity index is 1.66. The number of benzene rings is 1. The van der Waals surface area contributed by atoms with Crippen LogP contribution in [0, 0.1) is 11.8 Å². The van der Waals surface area contributed by atoms with E-state index < -0.39 is 6.10 Å². The molecule has 1 heterocycles. The Morgan fingerprint density at radius 2 is 2.11 bits per heavy atom. The lowest BCUT2D eigenvalue weighted by atomic mass is 9.91. The van der Waals surface area contributed by atoms with Crippen molar-refractivity contribution < 1.29 is 24.2 Å². The molecule has 1 saturated heterocycles. The summed E-state index contributed by atoms with van der Waals surface area (Å²) in [4.78, 5) is 24.1. The van der Waals surface area contributed by atoms with Gasteiger partial charge in [-0.25, -0.2) is 4.79 Å². The molecule has 0 bridgehead atoms. The van der Waals surface area contributed by atoms with Crippen molar-refractivity contribution in [3.05, 3.63) is 48.0 Å². The molecule has 1 N–H and O–H groups in total. The molecule has 2 aliphatic rings. The summed E-state index contributed by atoms with van der Waals surface area (Å²) in [6.45, 7) is 2.13. The fraction of sp³-hybridized carbons (Fsp3) is 0.545. The molecule has 0 spiro atoms. The second kappa shape index (κ2) is 9.18. The summed E-state index contributed by atoms with van der Waals surface area (Å²) in [5, 5.41) is 10.2. The molecule has 146 valence electrons. The minimum Gasteiger partial charge on any atom is -0.462 e. The van der Waals surface area contributed by atoms with E-state index in [1.807, 2.05) is 12.1 Å². The second-order valence-corrected chi connectivity index (χ2v) is 7.47. The molecule has 2 unspecified atom stereocenters. The molecule has 5 heteroatoms. The molecule has 1 aromatic carbocycles. The van der Waals surface area contributed by atoms with Gasteiger partial charge in [0.2, 0.25) is 0 Å². The van der Waals surface area contributed by atoms with Crippen LogP contribution in [0.3, 0.4) is 0 Å². The smallest absolute Gasteiger partial charge is 0.338 e. The van der Waals surface area contributed by atoms with E-state index in [1.54, 1.807) is 30.3 Å². The van der Waals surface area contributed by atoms with E-state index in [-0.39, 0.29) is 36.0 Å². The van der Waals surface area contributed by atoms with Crippen LogP contribution in [0.5, 0.6) is 0 Å². The molecule has 5 nitrogen and oxygen atoms in total. The Kier molecular flexibility index (Phi) is 6.67. The molecular weight excluding hydrogens is 344 g/mol. The van der Waals surface area contributed by atoms with Gasteiger partial charge in [-0.2, -0.15) is 0 Å². The summed E-state index contributed by atoms with van der Waals surface area (Å²) >= 11 is 0. The van der Waals surface area contributed by atoms with E-state index in [4.69, 9.17) is 9.47 Å². The number of carbonyl (C=O) groups excluding carboxylic acids is 2. The van der Waals surface area contributed by atoms with Gasteiger partial charge in [-0.15, -0.1) is 0 Å². The van der Waals surface area contributed by atoms with Crippen LogP contribution in [0.1, 0.15) is 55.8 Å². The average Bonchev–Trinajstić information content (AvgIpc) is 3.16. The lowest BCUT2D eigenvalue weighted by molar-refractivity contribution is -0.141. The number of carbonyl (C=O) groups is 2. The van der Waals surface area contributed by atoms with E-state index in [1.165, 1.54) is 0 Å². The SMILES string of the molecule is CCCCC[C@H](O)C=CC1[C@H]2CC(=O)OC2C[C@H]1OC(=O)c1ccccc1. The summed E-state index contributed by atoms with van der Waals surface area (Å²) in [5.41, 5.74) is 0.508. The quantitative estimate of drug-likeness (QED) is 0.428. The fourth-order valence-corrected chi connectivity index (χ4v) is 4.03. The lowest BCUT2D eigenvalue weighted by Crippen LogP contribution is -2.25. The summed E-state index contributed by atoms with van der Waals surface area (Å²) in [6, 6.07) is 8.89. The summed E-state index contributed by atoms with van der Waals surface area (Å²) in [6.07, 6.45) is 7.39. The first-order valence-electron chi connectivity index (χ1n) is 9.90. The van der Waals surface area contributed by atoms with E-state index in [2.05, 4.69) is 6.92 Å². The van der Waals surface area contributed by atoms with Gasteiger partial charge in [0.05, 0.1) is 18.1 Å². The Labute approximate surface area is 160 Å². The minimum atomic E-state index is -0.515. The predicted molar refractivity (Wildman–Crippen MR) is 101 cm³/mol. The highest BCUT2D eigenvalue weighted by molar-refractivity contribution is 5.89. The number of esters is 2. The third kappa shape index (κ3) is 4.98. The molecule has 3 rings (SSSR count). The van der Waals surface area contributed by atoms with Crippen molar-refractivity contribution in [1.82, 2.24) is 0 Å². The minimum absolute atomic E-state index is 0.00478. The highest BCUT2D eigenvalue weighted by Crippen LogP contribution is 2.43. The van der Waals surface area contributed by atoms with Crippen molar-refractivity contribution in [1.29, 1.82) is 0 Å². The first-order chi connectivity index (χ1) is 13.1. The number of hydrogen-bond acceptors (Lipinski definition) is 5. The standard InChI is InChI=1S/C22H28O5/c1-2-3-5-10-16(23)11-12-17-18-13-21(24)26-20(18)14-19(17)27-22(25)15-8-6-4-7-9-15/h4,6-9,11-12,16-20,23H,2-3,5,10,13-14H2,1H3/t16-,17?,18+,19+,20?/m0/s1. The molecule has 1 aliphatic carbocycles. The van der Waals surface area contributed by atoms with Gasteiger partial charge in [-0.3, -0.25) is 4.79 Å². The highest BCUT2D eigenvalue weighted by Gasteiger charge is 2.50. The van der Waals surface area contributed by atoms with Crippen LogP contribution in [-0.4, -0.2) is 35.4 Å². The second-order valence-electron chi connectivity index (χ2n) is 7.47. The maximum atomic E-state index is 12.4. The van der Waals surface area contributed by atoms with Gasteiger partial charge in [0.1, 0.15) is 12.2 Å². The number of fused-ring (bicyclic) bond motifs is 1. The van der Waals surface area contributed by atoms with Crippen molar-refractivity contribution >= 4 is 11.9 Å². The largest absolute Gasteiger partial charge is 0.462 e. The molecule has 27 heavy (non-hydrogen) atoms. The fourth-order valence-electron chi connectivity index (χ4n) is 4.03. The van der Waals surface area contributed by atoms with Crippen LogP contribution >= 0.6 is 0 Å². The summed E-state index contributed by atoms with van der Waals surface area (Å²) in [7, 11) is 0. The van der Waals surface area contributed by atoms with Crippen molar-refractivity contribution in [2.75, 3.05) is 0 Å². The molecule has 1 aliphatic heterocycles. The van der Waals surface area contributed by atoms with Crippen LogP contribution in [0.15, 0.2) is 42.5 Å². The highest BCUT2D eigenvalue weighted by atomic mass is 16.6. The molecule has 0 amide bonds. The number of aliphatic hydroxyl groups is 1. The Bertz CT molecular complexity index is 669. The van der Waals surface area contributed by atoms with Crippen molar-refractivity contribution in [3.63, 3.8) is 0 Å². The van der Waals surface area contributed by atoms with Gasteiger partial charge < -0.3 is 14.6 Å². The first-order valence-corrected chi connectivity index (χ1v) is 9.90. The number of ether oxygens (including phenoxy) is 2. The first kappa shape index (κ1) is 19.6. The topological polar surface area (TPSA) is 72.8 Å². The lowest BCUT2D eigenvalue weighted by Gasteiger charge is -2.20. The maximum Gasteiger partial charge on any atom is 0.338 e. The molecule has 0 aromatic heterocycles. The van der Waals surface area contributed by atoms with Gasteiger partial charge in [-0.1, -0.05) is 56.5 Å². The van der Waals surface area contributed by atoms with Gasteiger partial charge in [0.25, 0.3) is 0 Å². The van der Waals surface area contributed by atoms with Gasteiger partial charge in [0.15, 0.2) is 0 Å². The van der Waals surface area contributed by atoms with E-state index in [9.17, 15) is 14.7 Å². The monoisotopic (exact) mass is 372 g/mol. The third-order valence-corrected chi connectivity index (χ3v) is 5.48. The normalized spacial score (nSPS) is 28.1. The molecule has 5 atom stereocenters. The Morgan fingerprint density at radius 3 is 2.85 bits per heavy atom. The van der Waals surface area contributed by atoms with Crippen molar-refractivity contribution in [3.8, 4) is 0 Å². The Morgan fingerprint density at radius 1 is 1.33 bits per heavy atom. The number of unbranched alkanes of at least 4 members (excludes halogenated alkanes) is 2. The molecule has 1 aromatic rings. The zero-order valence-corrected chi connectivity index (χ0v) is 15.8. The van der Waals surface area contributed by atoms with Gasteiger partial charge >= 0.3 is 11.9 Å². The van der Waals surface area contributed by atoms with Crippen molar-refractivity contribution in [2.24, 2.45) is 11.8 Å². The summed E-state index contributed by atoms with van der Waals surface area (Å²) in [5.74, 6) is -0.673. The zero-order chi connectivity index (χ0) is 19.2. The number of aliphatic hydroxyl groups excluding tert-OH is 1. The third-order valence-electron chi connectivity index (χ3n) is 5.48. The number of hydrogen-bond donors (Lipinski definition) is 1. The van der Waals surface area contributed by atoms with E-state index in [0.29, 0.717) is 18.4 Å². The molecular formula is C22H28O5. The van der Waals surface area contributed by atoms with Crippen LogP contribution in [0.25, 0.3) is 0 Å². The van der Waals surface area contributed by atoms with Crippen LogP contribution in [-0.2, 0) is 14.3 Å². The Hall–Kier alpha value is -2.14. The van der Waals surface area contributed by atoms with E-state index in [0.717, 1.165) is 25.7 Å². The predicted octanol–water partition coefficient (Wildman–Crippen LogP) is 3.66. The van der Waals surface area contributed by atoms with Crippen LogP contribution in [0.2, 0.25) is 0 Å². The summed E-state index contributed by atoms with van der Waals surface area (Å²) < 4.78 is 11.1. The molecule has 0 radical (unpaired) electrons. The average molecular weight is 372 g/mol. The van der Waals surface area contributed by atoms with Gasteiger partial charge in [0, 0.05) is 18.3 Å². The van der Waals surface area contributed by atoms with Crippen LogP contribution < -0.4 is 0 Å². The molecule has 2 fully saturated rings. The van der Waals surface area contributed by atoms with Crippen LogP contribution in [0.4, 0.5) is 0 Å².